The first-order valence-corrected chi connectivity index (χ1v) is 7.44. The molecule has 0 saturated carbocycles. The van der Waals surface area contributed by atoms with Crippen molar-refractivity contribution >= 4 is 21.8 Å². The molecule has 0 radical (unpaired) electrons. The van der Waals surface area contributed by atoms with E-state index >= 15 is 0 Å². The molecule has 2 aromatic rings. The van der Waals surface area contributed by atoms with E-state index in [4.69, 9.17) is 15.7 Å². The third kappa shape index (κ3) is 4.49. The SMILES string of the molecule is N/C(=N/O)c1ccc(OCCCc2ccccc2)c(Br)c1. The maximum Gasteiger partial charge on any atom is 0.170 e. The molecule has 4 nitrogen and oxygen atoms in total. The molecule has 0 aliphatic rings. The molecule has 0 fully saturated rings. The second-order valence-electron chi connectivity index (χ2n) is 4.57. The summed E-state index contributed by atoms with van der Waals surface area (Å²) in [4.78, 5) is 0. The maximum absolute atomic E-state index is 8.65. The first kappa shape index (κ1) is 15.4. The van der Waals surface area contributed by atoms with Gasteiger partial charge in [-0.15, -0.1) is 0 Å². The predicted octanol–water partition coefficient (Wildman–Crippen LogP) is 3.56. The van der Waals surface area contributed by atoms with Gasteiger partial charge >= 0.3 is 0 Å². The number of aryl methyl sites for hydroxylation is 1. The number of benzene rings is 2. The molecule has 0 heterocycles. The third-order valence-corrected chi connectivity index (χ3v) is 3.67. The van der Waals surface area contributed by atoms with Crippen molar-refractivity contribution in [3.63, 3.8) is 0 Å². The van der Waals surface area contributed by atoms with Crippen molar-refractivity contribution in [3.05, 3.63) is 64.1 Å². The largest absolute Gasteiger partial charge is 0.492 e. The van der Waals surface area contributed by atoms with Crippen LogP contribution in [0.5, 0.6) is 5.75 Å². The average Bonchev–Trinajstić information content (AvgIpc) is 2.53. The summed E-state index contributed by atoms with van der Waals surface area (Å²) in [6, 6.07) is 15.6. The highest BCUT2D eigenvalue weighted by Crippen LogP contribution is 2.26. The van der Waals surface area contributed by atoms with Crippen molar-refractivity contribution in [2.75, 3.05) is 6.61 Å². The molecule has 0 spiro atoms. The molecule has 2 rings (SSSR count). The van der Waals surface area contributed by atoms with E-state index in [2.05, 4.69) is 33.2 Å². The van der Waals surface area contributed by atoms with Crippen LogP contribution in [0.4, 0.5) is 0 Å². The Hall–Kier alpha value is -2.01. The van der Waals surface area contributed by atoms with Crippen LogP contribution in [0.3, 0.4) is 0 Å². The lowest BCUT2D eigenvalue weighted by atomic mass is 10.1. The molecule has 2 aromatic carbocycles. The van der Waals surface area contributed by atoms with Crippen LogP contribution in [0.15, 0.2) is 58.2 Å². The number of ether oxygens (including phenoxy) is 1. The molecule has 0 unspecified atom stereocenters. The molecule has 0 bridgehead atoms. The fourth-order valence-electron chi connectivity index (χ4n) is 1.94. The molecule has 3 N–H and O–H groups in total. The van der Waals surface area contributed by atoms with Crippen LogP contribution in [0.25, 0.3) is 0 Å². The van der Waals surface area contributed by atoms with Gasteiger partial charge < -0.3 is 15.7 Å². The van der Waals surface area contributed by atoms with Crippen molar-refractivity contribution in [1.82, 2.24) is 0 Å². The van der Waals surface area contributed by atoms with Crippen molar-refractivity contribution < 1.29 is 9.94 Å². The number of hydrogen-bond donors (Lipinski definition) is 2. The summed E-state index contributed by atoms with van der Waals surface area (Å²) >= 11 is 3.42. The lowest BCUT2D eigenvalue weighted by Crippen LogP contribution is -2.13. The van der Waals surface area contributed by atoms with E-state index in [9.17, 15) is 0 Å². The molecular formula is C16H17BrN2O2. The Bertz CT molecular complexity index is 615. The summed E-state index contributed by atoms with van der Waals surface area (Å²) in [6.07, 6.45) is 1.93. The van der Waals surface area contributed by atoms with Crippen molar-refractivity contribution in [3.8, 4) is 5.75 Å². The number of rotatable bonds is 6. The predicted molar refractivity (Wildman–Crippen MR) is 86.9 cm³/mol. The van der Waals surface area contributed by atoms with Crippen LogP contribution >= 0.6 is 15.9 Å². The molecular weight excluding hydrogens is 332 g/mol. The fourth-order valence-corrected chi connectivity index (χ4v) is 2.43. The Balaban J connectivity index is 1.86. The van der Waals surface area contributed by atoms with Crippen molar-refractivity contribution in [1.29, 1.82) is 0 Å². The quantitative estimate of drug-likeness (QED) is 0.276. The average molecular weight is 349 g/mol. The van der Waals surface area contributed by atoms with Gasteiger partial charge in [-0.25, -0.2) is 0 Å². The maximum atomic E-state index is 8.65. The van der Waals surface area contributed by atoms with E-state index in [0.29, 0.717) is 12.2 Å². The lowest BCUT2D eigenvalue weighted by Gasteiger charge is -2.09. The van der Waals surface area contributed by atoms with Gasteiger partial charge in [0.05, 0.1) is 11.1 Å². The van der Waals surface area contributed by atoms with Gasteiger partial charge in [-0.1, -0.05) is 35.5 Å². The van der Waals surface area contributed by atoms with Gasteiger partial charge in [-0.3, -0.25) is 0 Å². The molecule has 110 valence electrons. The molecule has 5 heteroatoms. The molecule has 0 aliphatic carbocycles. The summed E-state index contributed by atoms with van der Waals surface area (Å²) in [5.74, 6) is 0.823. The van der Waals surface area contributed by atoms with Crippen LogP contribution in [0.2, 0.25) is 0 Å². The summed E-state index contributed by atoms with van der Waals surface area (Å²) in [5.41, 5.74) is 7.49. The van der Waals surface area contributed by atoms with Gasteiger partial charge in [0.25, 0.3) is 0 Å². The van der Waals surface area contributed by atoms with Crippen LogP contribution in [-0.4, -0.2) is 17.6 Å². The molecule has 0 amide bonds. The minimum Gasteiger partial charge on any atom is -0.492 e. The van der Waals surface area contributed by atoms with Gasteiger partial charge in [0, 0.05) is 5.56 Å². The van der Waals surface area contributed by atoms with E-state index < -0.39 is 0 Å². The van der Waals surface area contributed by atoms with E-state index in [-0.39, 0.29) is 5.84 Å². The number of nitrogens with two attached hydrogens (primary N) is 1. The Morgan fingerprint density at radius 3 is 2.62 bits per heavy atom. The summed E-state index contributed by atoms with van der Waals surface area (Å²) in [6.45, 7) is 0.635. The Labute approximate surface area is 132 Å². The normalized spacial score (nSPS) is 11.4. The molecule has 0 saturated heterocycles. The second kappa shape index (κ2) is 7.69. The topological polar surface area (TPSA) is 67.8 Å². The zero-order chi connectivity index (χ0) is 15.1. The van der Waals surface area contributed by atoms with E-state index in [1.165, 1.54) is 5.56 Å². The highest BCUT2D eigenvalue weighted by atomic mass is 79.9. The fraction of sp³-hybridized carbons (Fsp3) is 0.188. The number of nitrogens with zero attached hydrogens (tertiary/aromatic N) is 1. The zero-order valence-corrected chi connectivity index (χ0v) is 13.1. The van der Waals surface area contributed by atoms with Gasteiger partial charge in [-0.2, -0.15) is 0 Å². The monoisotopic (exact) mass is 348 g/mol. The van der Waals surface area contributed by atoms with Crippen molar-refractivity contribution in [2.45, 2.75) is 12.8 Å². The molecule has 0 aliphatic heterocycles. The number of oxime groups is 1. The number of hydrogen-bond acceptors (Lipinski definition) is 3. The Kier molecular flexibility index (Phi) is 5.63. The standard InChI is InChI=1S/C16H17BrN2O2/c17-14-11-13(16(18)19-20)8-9-15(14)21-10-4-7-12-5-2-1-3-6-12/h1-3,5-6,8-9,11,20H,4,7,10H2,(H2,18,19). The van der Waals surface area contributed by atoms with Crippen molar-refractivity contribution in [2.24, 2.45) is 10.9 Å². The highest BCUT2D eigenvalue weighted by molar-refractivity contribution is 9.10. The van der Waals surface area contributed by atoms with Gasteiger partial charge in [0.15, 0.2) is 5.84 Å². The molecule has 0 aromatic heterocycles. The first-order valence-electron chi connectivity index (χ1n) is 6.65. The highest BCUT2D eigenvalue weighted by Gasteiger charge is 2.05. The van der Waals surface area contributed by atoms with E-state index in [1.807, 2.05) is 18.2 Å². The summed E-state index contributed by atoms with van der Waals surface area (Å²) in [7, 11) is 0. The van der Waals surface area contributed by atoms with Crippen LogP contribution < -0.4 is 10.5 Å². The minimum absolute atomic E-state index is 0.0753. The zero-order valence-electron chi connectivity index (χ0n) is 11.5. The second-order valence-corrected chi connectivity index (χ2v) is 5.42. The van der Waals surface area contributed by atoms with E-state index in [0.717, 1.165) is 23.1 Å². The minimum atomic E-state index is 0.0753. The van der Waals surface area contributed by atoms with Crippen LogP contribution in [0, 0.1) is 0 Å². The van der Waals surface area contributed by atoms with Gasteiger partial charge in [-0.05, 0) is 52.5 Å². The molecule has 21 heavy (non-hydrogen) atoms. The Morgan fingerprint density at radius 1 is 1.19 bits per heavy atom. The van der Waals surface area contributed by atoms with E-state index in [1.54, 1.807) is 18.2 Å². The van der Waals surface area contributed by atoms with Crippen LogP contribution in [-0.2, 0) is 6.42 Å². The summed E-state index contributed by atoms with van der Waals surface area (Å²) < 4.78 is 6.52. The molecule has 0 atom stereocenters. The van der Waals surface area contributed by atoms with Gasteiger partial charge in [0.1, 0.15) is 5.75 Å². The van der Waals surface area contributed by atoms with Gasteiger partial charge in [0.2, 0.25) is 0 Å². The first-order chi connectivity index (χ1) is 10.2. The third-order valence-electron chi connectivity index (χ3n) is 3.05. The summed E-state index contributed by atoms with van der Waals surface area (Å²) in [5, 5.41) is 11.6. The smallest absolute Gasteiger partial charge is 0.170 e. The van der Waals surface area contributed by atoms with Crippen LogP contribution in [0.1, 0.15) is 17.5 Å². The Morgan fingerprint density at radius 2 is 1.95 bits per heavy atom. The lowest BCUT2D eigenvalue weighted by molar-refractivity contribution is 0.309. The number of amidine groups is 1. The number of halogens is 1.